The first-order chi connectivity index (χ1) is 6.25. The van der Waals surface area contributed by atoms with Crippen molar-refractivity contribution in [2.75, 3.05) is 13.1 Å². The van der Waals surface area contributed by atoms with Gasteiger partial charge in [0, 0.05) is 0 Å². The molecule has 0 aromatic heterocycles. The summed E-state index contributed by atoms with van der Waals surface area (Å²) >= 11 is 0. The van der Waals surface area contributed by atoms with Gasteiger partial charge in [-0.2, -0.15) is 0 Å². The molecule has 76 valence electrons. The third-order valence-corrected chi connectivity index (χ3v) is 2.88. The van der Waals surface area contributed by atoms with E-state index in [9.17, 15) is 4.79 Å². The van der Waals surface area contributed by atoms with Gasteiger partial charge in [-0.15, -0.1) is 0 Å². The minimum Gasteiger partial charge on any atom is -0.298 e. The summed E-state index contributed by atoms with van der Waals surface area (Å²) in [6.07, 6.45) is 6.03. The molecule has 1 heterocycles. The molecule has 0 aromatic rings. The number of carbonyl (C=O) groups is 1. The van der Waals surface area contributed by atoms with Crippen LogP contribution in [0.25, 0.3) is 0 Å². The predicted molar refractivity (Wildman–Crippen MR) is 54.8 cm³/mol. The monoisotopic (exact) mass is 183 g/mol. The maximum Gasteiger partial charge on any atom is 0.146 e. The van der Waals surface area contributed by atoms with Crippen molar-refractivity contribution in [2.24, 2.45) is 0 Å². The number of unbranched alkanes of at least 4 members (excludes halogenated alkanes) is 1. The lowest BCUT2D eigenvalue weighted by Gasteiger charge is -2.33. The van der Waals surface area contributed by atoms with Crippen LogP contribution >= 0.6 is 0 Å². The number of piperidine rings is 1. The minimum absolute atomic E-state index is 0.236. The quantitative estimate of drug-likeness (QED) is 0.666. The summed E-state index contributed by atoms with van der Waals surface area (Å²) in [6, 6.07) is 0.236. The lowest BCUT2D eigenvalue weighted by molar-refractivity contribution is -0.123. The zero-order chi connectivity index (χ0) is 9.68. The van der Waals surface area contributed by atoms with E-state index < -0.39 is 0 Å². The molecule has 2 nitrogen and oxygen atoms in total. The Labute approximate surface area is 81.3 Å². The molecule has 13 heavy (non-hydrogen) atoms. The third kappa shape index (κ3) is 3.11. The van der Waals surface area contributed by atoms with Gasteiger partial charge >= 0.3 is 0 Å². The SMILES string of the molecule is CCCCN1CCCC[C@@H]1C(C)=O. The lowest BCUT2D eigenvalue weighted by atomic mass is 9.99. The molecule has 2 heteroatoms. The molecule has 0 amide bonds. The largest absolute Gasteiger partial charge is 0.298 e. The summed E-state index contributed by atoms with van der Waals surface area (Å²) in [5.74, 6) is 0.357. The second kappa shape index (κ2) is 5.38. The van der Waals surface area contributed by atoms with Crippen LogP contribution in [0.4, 0.5) is 0 Å². The first-order valence-corrected chi connectivity index (χ1v) is 5.50. The summed E-state index contributed by atoms with van der Waals surface area (Å²) in [6.45, 7) is 6.17. The van der Waals surface area contributed by atoms with Crippen LogP contribution in [0, 0.1) is 0 Å². The maximum absolute atomic E-state index is 11.3. The van der Waals surface area contributed by atoms with Gasteiger partial charge in [-0.05, 0) is 39.3 Å². The van der Waals surface area contributed by atoms with E-state index in [4.69, 9.17) is 0 Å². The molecule has 1 aliphatic heterocycles. The Morgan fingerprint density at radius 1 is 1.46 bits per heavy atom. The molecule has 0 N–H and O–H groups in total. The van der Waals surface area contributed by atoms with E-state index in [0.29, 0.717) is 5.78 Å². The number of likely N-dealkylation sites (tertiary alicyclic amines) is 1. The van der Waals surface area contributed by atoms with E-state index in [1.807, 2.05) is 0 Å². The highest BCUT2D eigenvalue weighted by molar-refractivity contribution is 5.81. The Morgan fingerprint density at radius 2 is 2.23 bits per heavy atom. The van der Waals surface area contributed by atoms with Crippen LogP contribution in [-0.4, -0.2) is 29.8 Å². The van der Waals surface area contributed by atoms with Crippen LogP contribution in [-0.2, 0) is 4.79 Å². The van der Waals surface area contributed by atoms with Gasteiger partial charge in [0.25, 0.3) is 0 Å². The fraction of sp³-hybridized carbons (Fsp3) is 0.909. The molecule has 1 aliphatic rings. The van der Waals surface area contributed by atoms with Gasteiger partial charge in [0.05, 0.1) is 6.04 Å². The highest BCUT2D eigenvalue weighted by atomic mass is 16.1. The Balaban J connectivity index is 2.41. The normalized spacial score (nSPS) is 24.6. The number of Topliss-reactive ketones (excluding diaryl/α,β-unsaturated/α-hetero) is 1. The molecule has 0 aliphatic carbocycles. The van der Waals surface area contributed by atoms with Crippen molar-refractivity contribution >= 4 is 5.78 Å². The van der Waals surface area contributed by atoms with Crippen LogP contribution in [0.15, 0.2) is 0 Å². The van der Waals surface area contributed by atoms with E-state index in [-0.39, 0.29) is 6.04 Å². The van der Waals surface area contributed by atoms with Gasteiger partial charge in [-0.25, -0.2) is 0 Å². The van der Waals surface area contributed by atoms with E-state index in [2.05, 4.69) is 11.8 Å². The van der Waals surface area contributed by atoms with Crippen LogP contribution in [0.1, 0.15) is 46.0 Å². The molecular weight excluding hydrogens is 162 g/mol. The second-order valence-electron chi connectivity index (χ2n) is 4.01. The molecule has 1 rings (SSSR count). The zero-order valence-corrected chi connectivity index (χ0v) is 8.88. The minimum atomic E-state index is 0.236. The maximum atomic E-state index is 11.3. The standard InChI is InChI=1S/C11H21NO/c1-3-4-8-12-9-6-5-7-11(12)10(2)13/h11H,3-9H2,1-2H3/t11-/m1/s1. The second-order valence-corrected chi connectivity index (χ2v) is 4.01. The first kappa shape index (κ1) is 10.7. The summed E-state index contributed by atoms with van der Waals surface area (Å²) in [4.78, 5) is 13.7. The molecule has 0 radical (unpaired) electrons. The molecule has 0 saturated carbocycles. The van der Waals surface area contributed by atoms with Gasteiger partial charge in [0.1, 0.15) is 5.78 Å². The van der Waals surface area contributed by atoms with E-state index in [1.165, 1.54) is 25.7 Å². The molecule has 0 unspecified atom stereocenters. The third-order valence-electron chi connectivity index (χ3n) is 2.88. The van der Waals surface area contributed by atoms with Gasteiger partial charge in [-0.3, -0.25) is 9.69 Å². The Kier molecular flexibility index (Phi) is 4.43. The molecule has 0 aromatic carbocycles. The van der Waals surface area contributed by atoms with Crippen molar-refractivity contribution in [1.82, 2.24) is 4.90 Å². The van der Waals surface area contributed by atoms with E-state index in [1.54, 1.807) is 6.92 Å². The Hall–Kier alpha value is -0.370. The highest BCUT2D eigenvalue weighted by Gasteiger charge is 2.24. The van der Waals surface area contributed by atoms with Crippen molar-refractivity contribution in [3.8, 4) is 0 Å². The van der Waals surface area contributed by atoms with Gasteiger partial charge in [-0.1, -0.05) is 19.8 Å². The fourth-order valence-electron chi connectivity index (χ4n) is 2.08. The number of hydrogen-bond acceptors (Lipinski definition) is 2. The van der Waals surface area contributed by atoms with Crippen LogP contribution in [0.2, 0.25) is 0 Å². The lowest BCUT2D eigenvalue weighted by Crippen LogP contribution is -2.44. The number of carbonyl (C=O) groups excluding carboxylic acids is 1. The molecule has 1 saturated heterocycles. The van der Waals surface area contributed by atoms with Crippen molar-refractivity contribution in [3.05, 3.63) is 0 Å². The Bertz CT molecular complexity index is 167. The summed E-state index contributed by atoms with van der Waals surface area (Å²) < 4.78 is 0. The smallest absolute Gasteiger partial charge is 0.146 e. The summed E-state index contributed by atoms with van der Waals surface area (Å²) in [5, 5.41) is 0. The van der Waals surface area contributed by atoms with Crippen molar-refractivity contribution in [1.29, 1.82) is 0 Å². The van der Waals surface area contributed by atoms with E-state index >= 15 is 0 Å². The van der Waals surface area contributed by atoms with Gasteiger partial charge < -0.3 is 0 Å². The number of rotatable bonds is 4. The number of nitrogens with zero attached hydrogens (tertiary/aromatic N) is 1. The van der Waals surface area contributed by atoms with E-state index in [0.717, 1.165) is 19.5 Å². The van der Waals surface area contributed by atoms with Crippen molar-refractivity contribution in [3.63, 3.8) is 0 Å². The average Bonchev–Trinajstić information content (AvgIpc) is 2.15. The number of hydrogen-bond donors (Lipinski definition) is 0. The predicted octanol–water partition coefficient (Wildman–Crippen LogP) is 2.23. The zero-order valence-electron chi connectivity index (χ0n) is 8.88. The van der Waals surface area contributed by atoms with Gasteiger partial charge in [0.15, 0.2) is 0 Å². The van der Waals surface area contributed by atoms with Crippen molar-refractivity contribution in [2.45, 2.75) is 52.0 Å². The summed E-state index contributed by atoms with van der Waals surface area (Å²) in [7, 11) is 0. The van der Waals surface area contributed by atoms with Crippen LogP contribution in [0.3, 0.4) is 0 Å². The molecule has 0 spiro atoms. The molecule has 1 fully saturated rings. The van der Waals surface area contributed by atoms with Crippen molar-refractivity contribution < 1.29 is 4.79 Å². The number of ketones is 1. The van der Waals surface area contributed by atoms with Gasteiger partial charge in [0.2, 0.25) is 0 Å². The first-order valence-electron chi connectivity index (χ1n) is 5.50. The molecule has 1 atom stereocenters. The summed E-state index contributed by atoms with van der Waals surface area (Å²) in [5.41, 5.74) is 0. The molecule has 0 bridgehead atoms. The Morgan fingerprint density at radius 3 is 2.85 bits per heavy atom. The highest BCUT2D eigenvalue weighted by Crippen LogP contribution is 2.17. The fourth-order valence-corrected chi connectivity index (χ4v) is 2.08. The van der Waals surface area contributed by atoms with Crippen LogP contribution in [0.5, 0.6) is 0 Å². The average molecular weight is 183 g/mol. The van der Waals surface area contributed by atoms with Crippen LogP contribution < -0.4 is 0 Å². The topological polar surface area (TPSA) is 20.3 Å². The molecular formula is C11H21NO.